The van der Waals surface area contributed by atoms with Crippen molar-refractivity contribution in [3.05, 3.63) is 108 Å². The summed E-state index contributed by atoms with van der Waals surface area (Å²) in [6.07, 6.45) is 4.42. The molecule has 1 fully saturated rings. The zero-order valence-corrected chi connectivity index (χ0v) is 29.1. The smallest absolute Gasteiger partial charge is 0.264 e. The first-order valence-corrected chi connectivity index (χ1v) is 18.5. The van der Waals surface area contributed by atoms with Crippen LogP contribution in [0.25, 0.3) is 0 Å². The minimum atomic E-state index is -4.26. The van der Waals surface area contributed by atoms with Gasteiger partial charge in [0.25, 0.3) is 15.9 Å². The molecule has 2 aliphatic rings. The molecule has 1 amide bonds. The van der Waals surface area contributed by atoms with E-state index in [9.17, 15) is 23.2 Å². The Labute approximate surface area is 287 Å². The molecule has 0 radical (unpaired) electrons. The van der Waals surface area contributed by atoms with Gasteiger partial charge in [0.1, 0.15) is 5.69 Å². The molecule has 48 heavy (non-hydrogen) atoms. The van der Waals surface area contributed by atoms with Crippen LogP contribution in [0.4, 0.5) is 17.1 Å². The van der Waals surface area contributed by atoms with Gasteiger partial charge in [0.2, 0.25) is 0 Å². The van der Waals surface area contributed by atoms with Crippen LogP contribution < -0.4 is 14.9 Å². The number of nitrogens with one attached hydrogen (secondary N) is 2. The fourth-order valence-corrected chi connectivity index (χ4v) is 8.22. The third-order valence-electron chi connectivity index (χ3n) is 9.74. The van der Waals surface area contributed by atoms with Gasteiger partial charge in [-0.3, -0.25) is 9.69 Å². The number of sulfonamides is 1. The average molecular weight is 690 g/mol. The first-order valence-electron chi connectivity index (χ1n) is 16.1. The second kappa shape index (κ2) is 15.0. The third kappa shape index (κ3) is 7.77. The summed E-state index contributed by atoms with van der Waals surface area (Å²) in [7, 11) is -4.26. The lowest BCUT2D eigenvalue weighted by Crippen LogP contribution is -2.57. The van der Waals surface area contributed by atoms with Crippen molar-refractivity contribution in [2.75, 3.05) is 48.7 Å². The van der Waals surface area contributed by atoms with Gasteiger partial charge in [0, 0.05) is 72.0 Å². The zero-order valence-electron chi connectivity index (χ0n) is 27.5. The van der Waals surface area contributed by atoms with Gasteiger partial charge in [0.15, 0.2) is 0 Å². The number of aliphatic hydroxyl groups excluding tert-OH is 1. The number of carbonyl (C=O) groups is 1. The maximum Gasteiger partial charge on any atom is 0.264 e. The molecule has 0 aromatic heterocycles. The van der Waals surface area contributed by atoms with Gasteiger partial charge in [-0.1, -0.05) is 50.8 Å². The van der Waals surface area contributed by atoms with Crippen molar-refractivity contribution in [1.82, 2.24) is 9.62 Å². The number of nitrogens with zero attached hydrogens (tertiary/aromatic N) is 3. The molecule has 0 spiro atoms. The summed E-state index contributed by atoms with van der Waals surface area (Å²) in [6.45, 7) is 14.1. The second-order valence-corrected chi connectivity index (χ2v) is 15.4. The number of piperazine rings is 1. The largest absolute Gasteiger partial charge is 0.513 e. The quantitative estimate of drug-likeness (QED) is 0.0549. The van der Waals surface area contributed by atoms with E-state index in [-0.39, 0.29) is 39.2 Å². The summed E-state index contributed by atoms with van der Waals surface area (Å²) in [5.41, 5.74) is 1.46. The summed E-state index contributed by atoms with van der Waals surface area (Å²) in [5, 5.41) is 16.1. The molecule has 254 valence electrons. The van der Waals surface area contributed by atoms with Crippen molar-refractivity contribution in [2.45, 2.75) is 36.6 Å². The Morgan fingerprint density at radius 3 is 2.35 bits per heavy atom. The average Bonchev–Trinajstić information content (AvgIpc) is 3.09. The molecule has 3 aromatic carbocycles. The Bertz CT molecular complexity index is 1760. The molecule has 1 saturated heterocycles. The van der Waals surface area contributed by atoms with E-state index in [1.165, 1.54) is 12.1 Å². The van der Waals surface area contributed by atoms with Gasteiger partial charge in [-0.05, 0) is 72.6 Å². The van der Waals surface area contributed by atoms with Crippen LogP contribution in [0.3, 0.4) is 0 Å². The normalized spacial score (nSPS) is 20.7. The topological polar surface area (TPSA) is 131 Å². The summed E-state index contributed by atoms with van der Waals surface area (Å²) >= 11 is 1.65. The Morgan fingerprint density at radius 2 is 1.75 bits per heavy atom. The molecule has 1 heterocycles. The molecule has 10 nitrogen and oxygen atoms in total. The minimum Gasteiger partial charge on any atom is -0.513 e. The van der Waals surface area contributed by atoms with Gasteiger partial charge in [-0.25, -0.2) is 13.1 Å². The molecule has 0 saturated carbocycles. The highest BCUT2D eigenvalue weighted by Crippen LogP contribution is 2.49. The standard InChI is InChI=1S/C36H43N5O5S2/c1-25(26(2)42)32-16-17-36(32,4)27(3)40-19-21-41(22-20-40)29-12-10-28(11-13-29)35(43)39-48(45,46)31-14-15-33(34(24-31)38-44)37-18-23-47-30-8-6-5-7-9-30/h5-17,24-25,27,32,37,42H,2,18-23H2,1,3-4H3,(H,39,43)/t25-,27?,32?,36?/m0/s1. The van der Waals surface area contributed by atoms with E-state index in [0.717, 1.165) is 48.6 Å². The Balaban J connectivity index is 1.14. The van der Waals surface area contributed by atoms with Crippen LogP contribution in [0.5, 0.6) is 0 Å². The van der Waals surface area contributed by atoms with Gasteiger partial charge < -0.3 is 15.3 Å². The Kier molecular flexibility index (Phi) is 11.0. The minimum absolute atomic E-state index is 0.00274. The van der Waals surface area contributed by atoms with Crippen LogP contribution in [-0.2, 0) is 10.0 Å². The monoisotopic (exact) mass is 689 g/mol. The summed E-state index contributed by atoms with van der Waals surface area (Å²) in [6, 6.07) is 21.0. The van der Waals surface area contributed by atoms with E-state index in [0.29, 0.717) is 18.3 Å². The fourth-order valence-electron chi connectivity index (χ4n) is 6.44. The molecular formula is C36H43N5O5S2. The van der Waals surface area contributed by atoms with Gasteiger partial charge in [0.05, 0.1) is 16.3 Å². The number of anilines is 2. The van der Waals surface area contributed by atoms with Crippen molar-refractivity contribution in [3.8, 4) is 0 Å². The lowest BCUT2D eigenvalue weighted by molar-refractivity contribution is 0.0480. The summed E-state index contributed by atoms with van der Waals surface area (Å²) in [5.74, 6) is 0.427. The molecule has 1 aliphatic carbocycles. The summed E-state index contributed by atoms with van der Waals surface area (Å²) < 4.78 is 28.2. The van der Waals surface area contributed by atoms with Gasteiger partial charge >= 0.3 is 0 Å². The number of amides is 1. The number of carbonyl (C=O) groups excluding carboxylic acids is 1. The SMILES string of the molecule is C=C(O)[C@H](C)C1C=CC1(C)C(C)N1CCN(c2ccc(C(=O)NS(=O)(=O)c3ccc(NCCSc4ccccc4)c(N=O)c3)cc2)CC1. The van der Waals surface area contributed by atoms with E-state index in [1.807, 2.05) is 49.4 Å². The van der Waals surface area contributed by atoms with Crippen LogP contribution in [0, 0.1) is 22.2 Å². The molecule has 3 N–H and O–H groups in total. The number of thioether (sulfide) groups is 1. The molecule has 5 rings (SSSR count). The predicted octanol–water partition coefficient (Wildman–Crippen LogP) is 6.82. The van der Waals surface area contributed by atoms with Crippen LogP contribution in [-0.4, -0.2) is 68.8 Å². The number of aliphatic hydroxyl groups is 1. The lowest BCUT2D eigenvalue weighted by atomic mass is 9.59. The van der Waals surface area contributed by atoms with E-state index in [4.69, 9.17) is 0 Å². The van der Waals surface area contributed by atoms with Crippen LogP contribution >= 0.6 is 11.8 Å². The van der Waals surface area contributed by atoms with E-state index in [1.54, 1.807) is 23.9 Å². The van der Waals surface area contributed by atoms with Crippen LogP contribution in [0.2, 0.25) is 0 Å². The zero-order chi connectivity index (χ0) is 34.5. The van der Waals surface area contributed by atoms with E-state index >= 15 is 0 Å². The number of hydrogen-bond acceptors (Lipinski definition) is 10. The van der Waals surface area contributed by atoms with Crippen LogP contribution in [0.1, 0.15) is 31.1 Å². The second-order valence-electron chi connectivity index (χ2n) is 12.6. The lowest BCUT2D eigenvalue weighted by Gasteiger charge is -2.52. The highest BCUT2D eigenvalue weighted by Gasteiger charge is 2.47. The molecule has 3 aromatic rings. The first-order chi connectivity index (χ1) is 22.9. The number of allylic oxidation sites excluding steroid dienone is 2. The van der Waals surface area contributed by atoms with Crippen molar-refractivity contribution in [3.63, 3.8) is 0 Å². The van der Waals surface area contributed by atoms with Crippen molar-refractivity contribution < 1.29 is 18.3 Å². The van der Waals surface area contributed by atoms with Gasteiger partial charge in [-0.15, -0.1) is 16.7 Å². The third-order valence-corrected chi connectivity index (χ3v) is 12.1. The number of benzene rings is 3. The number of rotatable bonds is 14. The highest BCUT2D eigenvalue weighted by atomic mass is 32.2. The fraction of sp³-hybridized carbons (Fsp3) is 0.361. The highest BCUT2D eigenvalue weighted by molar-refractivity contribution is 7.99. The Morgan fingerprint density at radius 1 is 1.06 bits per heavy atom. The first kappa shape index (κ1) is 35.2. The maximum atomic E-state index is 13.1. The van der Waals surface area contributed by atoms with E-state index in [2.05, 4.69) is 57.6 Å². The molecule has 4 atom stereocenters. The molecule has 3 unspecified atom stereocenters. The maximum absolute atomic E-state index is 13.1. The molecule has 1 aliphatic heterocycles. The van der Waals surface area contributed by atoms with Crippen molar-refractivity contribution >= 4 is 44.8 Å². The van der Waals surface area contributed by atoms with Crippen LogP contribution in [0.15, 0.2) is 112 Å². The van der Waals surface area contributed by atoms with Crippen molar-refractivity contribution in [1.29, 1.82) is 0 Å². The molecule has 12 heteroatoms. The number of hydrogen-bond donors (Lipinski definition) is 3. The van der Waals surface area contributed by atoms with Crippen molar-refractivity contribution in [2.24, 2.45) is 22.4 Å². The van der Waals surface area contributed by atoms with Gasteiger partial charge in [-0.2, -0.15) is 0 Å². The number of nitroso groups, excluding NO2 is 1. The van der Waals surface area contributed by atoms with E-state index < -0.39 is 15.9 Å². The Hall–Kier alpha value is -4.13. The summed E-state index contributed by atoms with van der Waals surface area (Å²) in [4.78, 5) is 30.1. The predicted molar refractivity (Wildman–Crippen MR) is 194 cm³/mol. The molecule has 0 bridgehead atoms. The molecular weight excluding hydrogens is 647 g/mol.